The second kappa shape index (κ2) is 5.71. The Labute approximate surface area is 112 Å². The molecule has 1 atom stereocenters. The van der Waals surface area contributed by atoms with Gasteiger partial charge in [0.1, 0.15) is 0 Å². The van der Waals surface area contributed by atoms with E-state index in [0.717, 1.165) is 18.4 Å². The molecular formula is C13H17NO4S. The lowest BCUT2D eigenvalue weighted by Gasteiger charge is -2.10. The molecule has 1 saturated heterocycles. The average Bonchev–Trinajstić information content (AvgIpc) is 2.69. The van der Waals surface area contributed by atoms with Gasteiger partial charge in [0.05, 0.1) is 16.6 Å². The topological polar surface area (TPSA) is 83.5 Å². The van der Waals surface area contributed by atoms with Crippen LogP contribution in [0.4, 0.5) is 0 Å². The van der Waals surface area contributed by atoms with E-state index >= 15 is 0 Å². The van der Waals surface area contributed by atoms with Crippen LogP contribution in [0.25, 0.3) is 0 Å². The van der Waals surface area contributed by atoms with Gasteiger partial charge in [-0.2, -0.15) is 0 Å². The minimum atomic E-state index is -2.90. The maximum absolute atomic E-state index is 11.6. The second-order valence-electron chi connectivity index (χ2n) is 4.76. The van der Waals surface area contributed by atoms with E-state index < -0.39 is 15.8 Å². The Morgan fingerprint density at radius 2 is 2.00 bits per heavy atom. The molecule has 5 nitrogen and oxygen atoms in total. The monoisotopic (exact) mass is 283 g/mol. The van der Waals surface area contributed by atoms with Crippen molar-refractivity contribution in [3.8, 4) is 0 Å². The van der Waals surface area contributed by atoms with Crippen molar-refractivity contribution >= 4 is 15.8 Å². The quantitative estimate of drug-likeness (QED) is 0.844. The molecule has 0 bridgehead atoms. The van der Waals surface area contributed by atoms with Gasteiger partial charge < -0.3 is 10.4 Å². The fourth-order valence-electron chi connectivity index (χ4n) is 2.23. The summed E-state index contributed by atoms with van der Waals surface area (Å²) in [6.45, 7) is 1.01. The van der Waals surface area contributed by atoms with Crippen LogP contribution in [0.3, 0.4) is 0 Å². The van der Waals surface area contributed by atoms with Gasteiger partial charge >= 0.3 is 5.97 Å². The number of carboxylic acid groups (broad SMARTS) is 1. The van der Waals surface area contributed by atoms with Gasteiger partial charge in [-0.1, -0.05) is 12.1 Å². The number of benzene rings is 1. The molecule has 1 heterocycles. The Bertz CT molecular complexity index is 551. The molecular weight excluding hydrogens is 266 g/mol. The predicted octanol–water partition coefficient (Wildman–Crippen LogP) is 1.05. The van der Waals surface area contributed by atoms with Gasteiger partial charge in [-0.05, 0) is 30.5 Å². The molecule has 0 amide bonds. The predicted molar refractivity (Wildman–Crippen MR) is 71.9 cm³/mol. The summed E-state index contributed by atoms with van der Waals surface area (Å²) in [6.07, 6.45) is 1.48. The first-order chi connectivity index (χ1) is 8.99. The van der Waals surface area contributed by atoms with Crippen LogP contribution in [-0.2, 0) is 16.4 Å². The van der Waals surface area contributed by atoms with Crippen LogP contribution in [0.5, 0.6) is 0 Å². The molecule has 2 rings (SSSR count). The maximum Gasteiger partial charge on any atom is 0.335 e. The smallest absolute Gasteiger partial charge is 0.335 e. The fourth-order valence-corrected chi connectivity index (χ4v) is 4.03. The number of carboxylic acids is 1. The van der Waals surface area contributed by atoms with E-state index in [1.165, 1.54) is 0 Å². The Balaban J connectivity index is 1.84. The highest BCUT2D eigenvalue weighted by atomic mass is 32.2. The van der Waals surface area contributed by atoms with Crippen molar-refractivity contribution in [3.63, 3.8) is 0 Å². The molecule has 1 aromatic rings. The van der Waals surface area contributed by atoms with Crippen molar-refractivity contribution < 1.29 is 18.3 Å². The van der Waals surface area contributed by atoms with E-state index in [1.54, 1.807) is 24.3 Å². The van der Waals surface area contributed by atoms with E-state index in [2.05, 4.69) is 5.32 Å². The Morgan fingerprint density at radius 1 is 1.32 bits per heavy atom. The highest BCUT2D eigenvalue weighted by Gasteiger charge is 2.30. The van der Waals surface area contributed by atoms with Crippen LogP contribution in [0, 0.1) is 0 Å². The Kier molecular flexibility index (Phi) is 4.21. The van der Waals surface area contributed by atoms with Gasteiger partial charge in [-0.25, -0.2) is 13.2 Å². The van der Waals surface area contributed by atoms with E-state index in [-0.39, 0.29) is 10.8 Å². The molecule has 0 aliphatic carbocycles. The largest absolute Gasteiger partial charge is 0.478 e. The van der Waals surface area contributed by atoms with Crippen LogP contribution >= 0.6 is 0 Å². The number of carbonyl (C=O) groups is 1. The van der Waals surface area contributed by atoms with Crippen molar-refractivity contribution in [2.24, 2.45) is 0 Å². The van der Waals surface area contributed by atoms with Gasteiger partial charge in [0.2, 0.25) is 0 Å². The van der Waals surface area contributed by atoms with E-state index in [9.17, 15) is 13.2 Å². The first-order valence-corrected chi connectivity index (χ1v) is 7.95. The molecule has 6 heteroatoms. The van der Waals surface area contributed by atoms with Gasteiger partial charge in [-0.15, -0.1) is 0 Å². The van der Waals surface area contributed by atoms with Crippen LogP contribution < -0.4 is 5.32 Å². The number of nitrogens with one attached hydrogen (secondary N) is 1. The summed E-state index contributed by atoms with van der Waals surface area (Å²) >= 11 is 0. The van der Waals surface area contributed by atoms with E-state index in [4.69, 9.17) is 5.11 Å². The minimum absolute atomic E-state index is 0.252. The fraction of sp³-hybridized carbons (Fsp3) is 0.462. The third-order valence-corrected chi connectivity index (χ3v) is 5.64. The number of hydrogen-bond donors (Lipinski definition) is 2. The molecule has 1 fully saturated rings. The van der Waals surface area contributed by atoms with E-state index in [0.29, 0.717) is 18.8 Å². The van der Waals surface area contributed by atoms with Crippen molar-refractivity contribution in [2.45, 2.75) is 24.6 Å². The minimum Gasteiger partial charge on any atom is -0.478 e. The molecule has 1 unspecified atom stereocenters. The summed E-state index contributed by atoms with van der Waals surface area (Å²) in [6, 6.07) is 6.57. The zero-order valence-electron chi connectivity index (χ0n) is 10.5. The van der Waals surface area contributed by atoms with Gasteiger partial charge in [0.15, 0.2) is 9.84 Å². The lowest BCUT2D eigenvalue weighted by molar-refractivity contribution is 0.0697. The number of hydrogen-bond acceptors (Lipinski definition) is 4. The SMILES string of the molecule is O=C(O)c1ccc(CNCC2CCCS2(=O)=O)cc1. The lowest BCUT2D eigenvalue weighted by atomic mass is 10.1. The molecule has 1 aromatic carbocycles. The molecule has 0 spiro atoms. The summed E-state index contributed by atoms with van der Waals surface area (Å²) in [7, 11) is -2.90. The third kappa shape index (κ3) is 3.54. The van der Waals surface area contributed by atoms with Crippen molar-refractivity contribution in [1.29, 1.82) is 0 Å². The summed E-state index contributed by atoms with van der Waals surface area (Å²) in [4.78, 5) is 10.7. The molecule has 19 heavy (non-hydrogen) atoms. The third-order valence-electron chi connectivity index (χ3n) is 3.36. The van der Waals surface area contributed by atoms with Gasteiger partial charge in [0.25, 0.3) is 0 Å². The summed E-state index contributed by atoms with van der Waals surface area (Å²) in [5.74, 6) is -0.649. The van der Waals surface area contributed by atoms with Crippen LogP contribution in [0.1, 0.15) is 28.8 Å². The van der Waals surface area contributed by atoms with Crippen LogP contribution in [-0.4, -0.2) is 37.0 Å². The highest BCUT2D eigenvalue weighted by molar-refractivity contribution is 7.92. The summed E-state index contributed by atoms with van der Waals surface area (Å²) in [5.41, 5.74) is 1.20. The summed E-state index contributed by atoms with van der Waals surface area (Å²) < 4.78 is 23.2. The highest BCUT2D eigenvalue weighted by Crippen LogP contribution is 2.19. The van der Waals surface area contributed by atoms with Crippen molar-refractivity contribution in [2.75, 3.05) is 12.3 Å². The molecule has 104 valence electrons. The van der Waals surface area contributed by atoms with Crippen LogP contribution in [0.2, 0.25) is 0 Å². The summed E-state index contributed by atoms with van der Waals surface area (Å²) in [5, 5.41) is 11.6. The number of aromatic carboxylic acids is 1. The van der Waals surface area contributed by atoms with Gasteiger partial charge in [-0.3, -0.25) is 0 Å². The first kappa shape index (κ1) is 14.0. The molecule has 0 saturated carbocycles. The normalized spacial score (nSPS) is 21.4. The standard InChI is InChI=1S/C13H17NO4S/c15-13(16)11-5-3-10(4-6-11)8-14-9-12-2-1-7-19(12,17)18/h3-6,12,14H,1-2,7-9H2,(H,15,16). The number of rotatable bonds is 5. The lowest BCUT2D eigenvalue weighted by Crippen LogP contribution is -2.30. The second-order valence-corrected chi connectivity index (χ2v) is 7.16. The zero-order valence-corrected chi connectivity index (χ0v) is 11.3. The molecule has 0 radical (unpaired) electrons. The molecule has 1 aliphatic rings. The Hall–Kier alpha value is -1.40. The molecule has 2 N–H and O–H groups in total. The zero-order chi connectivity index (χ0) is 13.9. The molecule has 0 aromatic heterocycles. The average molecular weight is 283 g/mol. The number of sulfone groups is 1. The Morgan fingerprint density at radius 3 is 2.53 bits per heavy atom. The van der Waals surface area contributed by atoms with Gasteiger partial charge in [0, 0.05) is 13.1 Å². The molecule has 1 aliphatic heterocycles. The van der Waals surface area contributed by atoms with Crippen molar-refractivity contribution in [3.05, 3.63) is 35.4 Å². The van der Waals surface area contributed by atoms with Crippen LogP contribution in [0.15, 0.2) is 24.3 Å². The van der Waals surface area contributed by atoms with Crippen molar-refractivity contribution in [1.82, 2.24) is 5.32 Å². The maximum atomic E-state index is 11.6. The van der Waals surface area contributed by atoms with E-state index in [1.807, 2.05) is 0 Å². The first-order valence-electron chi connectivity index (χ1n) is 6.23.